The normalized spacial score (nSPS) is 11.9. The van der Waals surface area contributed by atoms with Crippen molar-refractivity contribution in [2.75, 3.05) is 25.2 Å². The van der Waals surface area contributed by atoms with E-state index >= 15 is 0 Å². The molecule has 0 bridgehead atoms. The van der Waals surface area contributed by atoms with E-state index in [2.05, 4.69) is 20.5 Å². The van der Waals surface area contributed by atoms with Gasteiger partial charge in [-0.2, -0.15) is 32.2 Å². The average molecular weight is 708 g/mol. The number of anilines is 1. The van der Waals surface area contributed by atoms with E-state index in [1.165, 1.54) is 19.2 Å². The van der Waals surface area contributed by atoms with Gasteiger partial charge < -0.3 is 15.2 Å². The highest BCUT2D eigenvalue weighted by Gasteiger charge is 2.14. The molecule has 250 valence electrons. The number of aryl methyl sites for hydroxylation is 2. The van der Waals surface area contributed by atoms with Gasteiger partial charge in [-0.1, -0.05) is 18.2 Å². The summed E-state index contributed by atoms with van der Waals surface area (Å²) in [6.45, 7) is 3.62. The van der Waals surface area contributed by atoms with E-state index < -0.39 is 36.6 Å². The molecule has 4 aromatic rings. The first-order chi connectivity index (χ1) is 22.0. The summed E-state index contributed by atoms with van der Waals surface area (Å²) in [6.07, 6.45) is 0.0790. The van der Waals surface area contributed by atoms with E-state index in [0.29, 0.717) is 56.3 Å². The van der Waals surface area contributed by atoms with Crippen molar-refractivity contribution >= 4 is 70.1 Å². The van der Waals surface area contributed by atoms with Crippen molar-refractivity contribution in [2.24, 2.45) is 20.5 Å². The number of azo groups is 2. The highest BCUT2D eigenvalue weighted by Crippen LogP contribution is 2.38. The van der Waals surface area contributed by atoms with Crippen LogP contribution >= 0.6 is 0 Å². The summed E-state index contributed by atoms with van der Waals surface area (Å²) in [7, 11) is -10.2. The smallest absolute Gasteiger partial charge is 0.425 e. The van der Waals surface area contributed by atoms with Crippen molar-refractivity contribution in [3.63, 3.8) is 0 Å². The largest absolute Gasteiger partial charge is 0.494 e. The molecule has 0 radical (unpaired) electrons. The summed E-state index contributed by atoms with van der Waals surface area (Å²) >= 11 is 0. The Bertz CT molecular complexity index is 2180. The third kappa shape index (κ3) is 10.9. The number of fused-ring (bicyclic) bond motifs is 1. The van der Waals surface area contributed by atoms with E-state index in [1.54, 1.807) is 62.4 Å². The Hall–Kier alpha value is -4.82. The maximum absolute atomic E-state index is 11.8. The average Bonchev–Trinajstić information content (AvgIpc) is 2.97. The molecule has 19 heteroatoms. The minimum absolute atomic E-state index is 0.0214. The highest BCUT2D eigenvalue weighted by molar-refractivity contribution is 7.86. The SMILES string of the molecule is COc1cc(N=Nc2ccc3cccc(S(=O)(=O)O)c3c2)c(C)cc1N=Nc1cc(OCCCS(=O)(=O)O)c(N)cc1C.O=S(=O)=O. The van der Waals surface area contributed by atoms with Gasteiger partial charge in [-0.3, -0.25) is 9.11 Å². The summed E-state index contributed by atoms with van der Waals surface area (Å²) in [6, 6.07) is 16.1. The molecule has 0 fully saturated rings. The lowest BCUT2D eigenvalue weighted by Crippen LogP contribution is -2.09. The van der Waals surface area contributed by atoms with Gasteiger partial charge >= 0.3 is 10.6 Å². The van der Waals surface area contributed by atoms with Gasteiger partial charge in [0.15, 0.2) is 0 Å². The Morgan fingerprint density at radius 1 is 0.787 bits per heavy atom. The molecule has 0 aliphatic heterocycles. The van der Waals surface area contributed by atoms with Gasteiger partial charge in [-0.25, -0.2) is 0 Å². The van der Waals surface area contributed by atoms with E-state index in [0.717, 1.165) is 5.56 Å². The summed E-state index contributed by atoms with van der Waals surface area (Å²) in [5.74, 6) is 0.230. The van der Waals surface area contributed by atoms with Crippen LogP contribution in [0.3, 0.4) is 0 Å². The number of hydrogen-bond donors (Lipinski definition) is 3. The van der Waals surface area contributed by atoms with Crippen LogP contribution in [0.4, 0.5) is 28.4 Å². The lowest BCUT2D eigenvalue weighted by molar-refractivity contribution is 0.318. The number of nitrogen functional groups attached to an aromatic ring is 1. The van der Waals surface area contributed by atoms with Crippen LogP contribution in [0.15, 0.2) is 86.0 Å². The Morgan fingerprint density at radius 2 is 1.38 bits per heavy atom. The first-order valence-corrected chi connectivity index (χ1v) is 17.3. The molecule has 0 atom stereocenters. The van der Waals surface area contributed by atoms with Crippen molar-refractivity contribution in [3.8, 4) is 11.5 Å². The number of ether oxygens (including phenoxy) is 2. The molecule has 0 unspecified atom stereocenters. The topological polar surface area (TPSA) is 254 Å². The number of benzene rings is 4. The number of rotatable bonds is 11. The molecular weight excluding hydrogens is 679 g/mol. The lowest BCUT2D eigenvalue weighted by Gasteiger charge is -2.11. The summed E-state index contributed by atoms with van der Waals surface area (Å²) in [4.78, 5) is -0.221. The molecule has 4 N–H and O–H groups in total. The van der Waals surface area contributed by atoms with Crippen LogP contribution in [0.2, 0.25) is 0 Å². The molecule has 0 aromatic heterocycles. The van der Waals surface area contributed by atoms with Crippen molar-refractivity contribution in [2.45, 2.75) is 25.2 Å². The number of nitrogens with two attached hydrogens (primary N) is 1. The second kappa shape index (κ2) is 15.6. The van der Waals surface area contributed by atoms with Gasteiger partial charge in [-0.05, 0) is 67.1 Å². The molecule has 47 heavy (non-hydrogen) atoms. The Balaban J connectivity index is 0.00000142. The monoisotopic (exact) mass is 707 g/mol. The number of methoxy groups -OCH3 is 1. The minimum atomic E-state index is -4.43. The minimum Gasteiger partial charge on any atom is -0.494 e. The predicted molar refractivity (Wildman–Crippen MR) is 172 cm³/mol. The predicted octanol–water partition coefficient (Wildman–Crippen LogP) is 5.78. The van der Waals surface area contributed by atoms with Gasteiger partial charge in [0.1, 0.15) is 22.1 Å². The summed E-state index contributed by atoms with van der Waals surface area (Å²) < 4.78 is 100. The summed E-state index contributed by atoms with van der Waals surface area (Å²) in [5, 5.41) is 18.1. The maximum Gasteiger partial charge on any atom is 0.425 e. The van der Waals surface area contributed by atoms with Crippen molar-refractivity contribution < 1.29 is 48.0 Å². The van der Waals surface area contributed by atoms with Gasteiger partial charge in [0.2, 0.25) is 0 Å². The van der Waals surface area contributed by atoms with Crippen LogP contribution in [0, 0.1) is 13.8 Å². The van der Waals surface area contributed by atoms with Crippen LogP contribution in [0.25, 0.3) is 10.8 Å². The second-order valence-electron chi connectivity index (χ2n) is 9.72. The maximum atomic E-state index is 11.8. The van der Waals surface area contributed by atoms with Gasteiger partial charge in [0, 0.05) is 17.5 Å². The standard InChI is InChI=1S/C28H29N5O8S2.O3S/c1-17-12-22(29)26(41-10-5-11-42(34,35)36)15-23(17)32-33-25-13-18(2)24(16-27(25)40-3)31-30-20-9-8-19-6-4-7-28(21(19)14-20)43(37,38)39;1-4(2)3/h4,6-9,12-16H,5,10-11,29H2,1-3H3,(H,34,35,36)(H,37,38,39);. The van der Waals surface area contributed by atoms with Gasteiger partial charge in [0.25, 0.3) is 20.2 Å². The van der Waals surface area contributed by atoms with Crippen molar-refractivity contribution in [1.29, 1.82) is 0 Å². The molecule has 0 saturated heterocycles. The molecular formula is C28H29N5O11S3. The molecule has 4 aromatic carbocycles. The number of nitrogens with zero attached hydrogens (tertiary/aromatic N) is 4. The van der Waals surface area contributed by atoms with Gasteiger partial charge in [-0.15, -0.1) is 17.7 Å². The molecule has 0 aliphatic rings. The molecule has 0 amide bonds. The Morgan fingerprint density at radius 3 is 2.00 bits per heavy atom. The van der Waals surface area contributed by atoms with E-state index in [9.17, 15) is 21.4 Å². The zero-order chi connectivity index (χ0) is 34.9. The Labute approximate surface area is 271 Å². The lowest BCUT2D eigenvalue weighted by atomic mass is 10.1. The quantitative estimate of drug-likeness (QED) is 0.0726. The van der Waals surface area contributed by atoms with Crippen molar-refractivity contribution in [1.82, 2.24) is 0 Å². The Kier molecular flexibility index (Phi) is 12.2. The van der Waals surface area contributed by atoms with E-state index in [4.69, 9.17) is 32.4 Å². The highest BCUT2D eigenvalue weighted by atomic mass is 32.2. The third-order valence-corrected chi connectivity index (χ3v) is 7.99. The zero-order valence-corrected chi connectivity index (χ0v) is 27.5. The van der Waals surface area contributed by atoms with Gasteiger partial charge in [0.05, 0.1) is 42.2 Å². The van der Waals surface area contributed by atoms with E-state index in [-0.39, 0.29) is 17.9 Å². The number of hydrogen-bond acceptors (Lipinski definition) is 14. The first-order valence-electron chi connectivity index (χ1n) is 13.3. The van der Waals surface area contributed by atoms with Crippen LogP contribution in [-0.2, 0) is 30.8 Å². The fourth-order valence-electron chi connectivity index (χ4n) is 4.11. The van der Waals surface area contributed by atoms with E-state index in [1.807, 2.05) is 0 Å². The zero-order valence-electron chi connectivity index (χ0n) is 25.1. The molecule has 4 rings (SSSR count). The fraction of sp³-hybridized carbons (Fsp3) is 0.214. The van der Waals surface area contributed by atoms with Crippen LogP contribution < -0.4 is 15.2 Å². The molecule has 0 aliphatic carbocycles. The summed E-state index contributed by atoms with van der Waals surface area (Å²) in [5.41, 5.74) is 9.52. The second-order valence-corrected chi connectivity index (χ2v) is 13.1. The fourth-order valence-corrected chi connectivity index (χ4v) is 5.29. The first kappa shape index (κ1) is 36.6. The third-order valence-electron chi connectivity index (χ3n) is 6.27. The van der Waals surface area contributed by atoms with Crippen molar-refractivity contribution in [3.05, 3.63) is 71.8 Å². The molecule has 0 saturated carbocycles. The molecule has 0 spiro atoms. The van der Waals surface area contributed by atoms with Crippen LogP contribution in [-0.4, -0.2) is 58.0 Å². The molecule has 16 nitrogen and oxygen atoms in total. The van der Waals surface area contributed by atoms with Crippen LogP contribution in [0.5, 0.6) is 11.5 Å². The van der Waals surface area contributed by atoms with Crippen LogP contribution in [0.1, 0.15) is 17.5 Å². The molecule has 0 heterocycles.